The van der Waals surface area contributed by atoms with Crippen molar-refractivity contribution in [3.05, 3.63) is 28.8 Å². The predicted octanol–water partition coefficient (Wildman–Crippen LogP) is 2.25. The first-order valence-corrected chi connectivity index (χ1v) is 4.27. The second-order valence-corrected chi connectivity index (χ2v) is 3.05. The number of nitriles is 1. The Morgan fingerprint density at radius 2 is 2.21 bits per heavy atom. The van der Waals surface area contributed by atoms with Crippen molar-refractivity contribution in [3.63, 3.8) is 0 Å². The van der Waals surface area contributed by atoms with Gasteiger partial charge in [-0.3, -0.25) is 4.79 Å². The van der Waals surface area contributed by atoms with Gasteiger partial charge < -0.3 is 4.74 Å². The third-order valence-corrected chi connectivity index (χ3v) is 2.15. The van der Waals surface area contributed by atoms with Crippen molar-refractivity contribution in [2.24, 2.45) is 0 Å². The van der Waals surface area contributed by atoms with Crippen molar-refractivity contribution in [3.8, 4) is 11.8 Å². The first-order chi connectivity index (χ1) is 6.61. The molecular formula is C10H8ClNO2. The van der Waals surface area contributed by atoms with Gasteiger partial charge in [-0.2, -0.15) is 5.26 Å². The second-order valence-electron chi connectivity index (χ2n) is 2.70. The van der Waals surface area contributed by atoms with Crippen LogP contribution in [0, 0.1) is 18.3 Å². The van der Waals surface area contributed by atoms with Crippen molar-refractivity contribution in [1.29, 1.82) is 5.26 Å². The molecule has 1 aromatic rings. The zero-order valence-corrected chi connectivity index (χ0v) is 8.55. The Morgan fingerprint density at radius 1 is 1.57 bits per heavy atom. The Morgan fingerprint density at radius 3 is 2.64 bits per heavy atom. The summed E-state index contributed by atoms with van der Waals surface area (Å²) in [6.45, 7) is 1.69. The van der Waals surface area contributed by atoms with E-state index in [0.717, 1.165) is 0 Å². The summed E-state index contributed by atoms with van der Waals surface area (Å²) in [5.74, 6) is 0.402. The summed E-state index contributed by atoms with van der Waals surface area (Å²) in [5, 5.41) is 8.20. The van der Waals surface area contributed by atoms with Gasteiger partial charge in [0.1, 0.15) is 11.8 Å². The SMILES string of the molecule is COc1c(C#N)ccc(C(=O)Cl)c1C. The summed E-state index contributed by atoms with van der Waals surface area (Å²) >= 11 is 5.36. The summed E-state index contributed by atoms with van der Waals surface area (Å²) in [5.41, 5.74) is 1.35. The highest BCUT2D eigenvalue weighted by atomic mass is 35.5. The van der Waals surface area contributed by atoms with E-state index in [9.17, 15) is 4.79 Å². The second kappa shape index (κ2) is 4.12. The highest BCUT2D eigenvalue weighted by Crippen LogP contribution is 2.26. The van der Waals surface area contributed by atoms with Crippen molar-refractivity contribution in [2.45, 2.75) is 6.92 Å². The average molecular weight is 210 g/mol. The van der Waals surface area contributed by atoms with Crippen molar-refractivity contribution < 1.29 is 9.53 Å². The predicted molar refractivity (Wildman–Crippen MR) is 52.6 cm³/mol. The van der Waals surface area contributed by atoms with Gasteiger partial charge in [0.05, 0.1) is 12.7 Å². The highest BCUT2D eigenvalue weighted by molar-refractivity contribution is 6.68. The van der Waals surface area contributed by atoms with E-state index in [1.54, 1.807) is 6.92 Å². The normalized spacial score (nSPS) is 9.29. The quantitative estimate of drug-likeness (QED) is 0.702. The minimum absolute atomic E-state index is 0.363. The van der Waals surface area contributed by atoms with Gasteiger partial charge in [-0.25, -0.2) is 0 Å². The molecule has 0 saturated heterocycles. The minimum atomic E-state index is -0.551. The molecule has 0 heterocycles. The van der Waals surface area contributed by atoms with Crippen LogP contribution in [-0.4, -0.2) is 12.4 Å². The van der Waals surface area contributed by atoms with E-state index >= 15 is 0 Å². The van der Waals surface area contributed by atoms with E-state index in [1.807, 2.05) is 6.07 Å². The van der Waals surface area contributed by atoms with E-state index in [2.05, 4.69) is 0 Å². The van der Waals surface area contributed by atoms with Crippen molar-refractivity contribution in [2.75, 3.05) is 7.11 Å². The molecule has 0 aromatic heterocycles. The Kier molecular flexibility index (Phi) is 3.10. The summed E-state index contributed by atoms with van der Waals surface area (Å²) < 4.78 is 5.02. The van der Waals surface area contributed by atoms with Gasteiger partial charge in [0, 0.05) is 11.1 Å². The molecule has 0 bridgehead atoms. The number of nitrogens with zero attached hydrogens (tertiary/aromatic N) is 1. The number of carbonyl (C=O) groups is 1. The molecule has 0 N–H and O–H groups in total. The number of methoxy groups -OCH3 is 1. The van der Waals surface area contributed by atoms with E-state index < -0.39 is 5.24 Å². The number of rotatable bonds is 2. The third kappa shape index (κ3) is 1.70. The molecule has 0 atom stereocenters. The zero-order valence-electron chi connectivity index (χ0n) is 7.80. The maximum atomic E-state index is 11.0. The molecule has 3 nitrogen and oxygen atoms in total. The summed E-state index contributed by atoms with van der Waals surface area (Å²) in [6, 6.07) is 5.01. The highest BCUT2D eigenvalue weighted by Gasteiger charge is 2.13. The lowest BCUT2D eigenvalue weighted by Crippen LogP contribution is -1.99. The molecule has 0 fully saturated rings. The van der Waals surface area contributed by atoms with Gasteiger partial charge in [0.15, 0.2) is 0 Å². The Hall–Kier alpha value is -1.53. The third-order valence-electron chi connectivity index (χ3n) is 1.94. The van der Waals surface area contributed by atoms with Crippen molar-refractivity contribution >= 4 is 16.8 Å². The summed E-state index contributed by atoms with van der Waals surface area (Å²) in [6.07, 6.45) is 0. The fourth-order valence-corrected chi connectivity index (χ4v) is 1.46. The van der Waals surface area contributed by atoms with E-state index in [0.29, 0.717) is 22.4 Å². The smallest absolute Gasteiger partial charge is 0.252 e. The molecule has 0 spiro atoms. The van der Waals surface area contributed by atoms with Crippen molar-refractivity contribution in [1.82, 2.24) is 0 Å². The van der Waals surface area contributed by atoms with Gasteiger partial charge in [-0.05, 0) is 30.7 Å². The molecule has 0 saturated carbocycles. The number of ether oxygens (including phenoxy) is 1. The van der Waals surface area contributed by atoms with Crippen LogP contribution in [0.3, 0.4) is 0 Å². The Balaban J connectivity index is 3.44. The Labute approximate surface area is 86.9 Å². The van der Waals surface area contributed by atoms with Crippen LogP contribution >= 0.6 is 11.6 Å². The maximum Gasteiger partial charge on any atom is 0.252 e. The summed E-state index contributed by atoms with van der Waals surface area (Å²) in [4.78, 5) is 11.0. The number of hydrogen-bond acceptors (Lipinski definition) is 3. The van der Waals surface area contributed by atoms with Gasteiger partial charge in [0.2, 0.25) is 0 Å². The monoisotopic (exact) mass is 209 g/mol. The largest absolute Gasteiger partial charge is 0.495 e. The standard InChI is InChI=1S/C10H8ClNO2/c1-6-8(10(11)13)4-3-7(5-12)9(6)14-2/h3-4H,1-2H3. The molecule has 1 rings (SSSR count). The molecular weight excluding hydrogens is 202 g/mol. The first kappa shape index (κ1) is 10.6. The van der Waals surface area contributed by atoms with Crippen LogP contribution in [0.2, 0.25) is 0 Å². The molecule has 0 aliphatic rings. The van der Waals surface area contributed by atoms with Gasteiger partial charge in [-0.1, -0.05) is 0 Å². The molecule has 0 aliphatic carbocycles. The molecule has 4 heteroatoms. The van der Waals surface area contributed by atoms with E-state index in [4.69, 9.17) is 21.6 Å². The van der Waals surface area contributed by atoms with Crippen LogP contribution in [0.1, 0.15) is 21.5 Å². The number of halogens is 1. The molecule has 0 aliphatic heterocycles. The maximum absolute atomic E-state index is 11.0. The average Bonchev–Trinajstić information content (AvgIpc) is 2.16. The molecule has 1 aromatic carbocycles. The number of hydrogen-bond donors (Lipinski definition) is 0. The minimum Gasteiger partial charge on any atom is -0.495 e. The van der Waals surface area contributed by atoms with E-state index in [-0.39, 0.29) is 0 Å². The lowest BCUT2D eigenvalue weighted by molar-refractivity contribution is 0.108. The van der Waals surface area contributed by atoms with Gasteiger partial charge in [-0.15, -0.1) is 0 Å². The van der Waals surface area contributed by atoms with Crippen LogP contribution in [0.25, 0.3) is 0 Å². The topological polar surface area (TPSA) is 50.1 Å². The molecule has 0 unspecified atom stereocenters. The van der Waals surface area contributed by atoms with Crippen LogP contribution in [0.4, 0.5) is 0 Å². The molecule has 0 radical (unpaired) electrons. The fourth-order valence-electron chi connectivity index (χ4n) is 1.26. The first-order valence-electron chi connectivity index (χ1n) is 3.89. The number of benzene rings is 1. The fraction of sp³-hybridized carbons (Fsp3) is 0.200. The van der Waals surface area contributed by atoms with Crippen LogP contribution in [0.5, 0.6) is 5.75 Å². The summed E-state index contributed by atoms with van der Waals surface area (Å²) in [7, 11) is 1.45. The Bertz CT molecular complexity index is 421. The van der Waals surface area contributed by atoms with Crippen LogP contribution < -0.4 is 4.74 Å². The van der Waals surface area contributed by atoms with E-state index in [1.165, 1.54) is 19.2 Å². The van der Waals surface area contributed by atoms with Crippen LogP contribution in [0.15, 0.2) is 12.1 Å². The lowest BCUT2D eigenvalue weighted by atomic mass is 10.0. The molecule has 0 amide bonds. The van der Waals surface area contributed by atoms with Crippen LogP contribution in [-0.2, 0) is 0 Å². The van der Waals surface area contributed by atoms with Gasteiger partial charge in [0.25, 0.3) is 5.24 Å². The van der Waals surface area contributed by atoms with Gasteiger partial charge >= 0.3 is 0 Å². The lowest BCUT2D eigenvalue weighted by Gasteiger charge is -2.08. The number of carbonyl (C=O) groups excluding carboxylic acids is 1. The zero-order chi connectivity index (χ0) is 10.7. The molecule has 72 valence electrons. The molecule has 14 heavy (non-hydrogen) atoms.